The van der Waals surface area contributed by atoms with Crippen LogP contribution in [0, 0.1) is 18.3 Å². The number of carbonyl (C=O) groups excluding carboxylic acids is 2. The van der Waals surface area contributed by atoms with E-state index in [4.69, 9.17) is 6.42 Å². The lowest BCUT2D eigenvalue weighted by Crippen LogP contribution is -2.45. The van der Waals surface area contributed by atoms with Crippen molar-refractivity contribution in [3.05, 3.63) is 35.4 Å². The van der Waals surface area contributed by atoms with Crippen molar-refractivity contribution in [2.24, 2.45) is 5.92 Å². The van der Waals surface area contributed by atoms with Gasteiger partial charge in [-0.3, -0.25) is 9.59 Å². The lowest BCUT2D eigenvalue weighted by atomic mass is 10.1. The van der Waals surface area contributed by atoms with E-state index in [1.807, 2.05) is 0 Å². The van der Waals surface area contributed by atoms with E-state index >= 15 is 0 Å². The monoisotopic (exact) mass is 442 g/mol. The summed E-state index contributed by atoms with van der Waals surface area (Å²) in [5.74, 6) is 0.746. The van der Waals surface area contributed by atoms with E-state index in [1.165, 1.54) is 21.9 Å². The summed E-state index contributed by atoms with van der Waals surface area (Å²) >= 11 is 0. The van der Waals surface area contributed by atoms with Gasteiger partial charge in [-0.15, -0.1) is 6.42 Å². The SMILES string of the molecule is C#CCN(C(=O)C1CC(=O)N(Cc2cccc(C(F)(F)F)c2)C1)C1CCS(=O)(=O)C1. The van der Waals surface area contributed by atoms with Crippen LogP contribution in [0.1, 0.15) is 24.0 Å². The highest BCUT2D eigenvalue weighted by molar-refractivity contribution is 7.91. The largest absolute Gasteiger partial charge is 0.416 e. The molecule has 162 valence electrons. The quantitative estimate of drug-likeness (QED) is 0.651. The van der Waals surface area contributed by atoms with E-state index < -0.39 is 39.4 Å². The van der Waals surface area contributed by atoms with Crippen molar-refractivity contribution >= 4 is 21.7 Å². The number of benzene rings is 1. The normalized spacial score (nSPS) is 23.4. The molecule has 0 bridgehead atoms. The van der Waals surface area contributed by atoms with Crippen LogP contribution in [0.25, 0.3) is 0 Å². The summed E-state index contributed by atoms with van der Waals surface area (Å²) in [6.45, 7) is -0.0503. The van der Waals surface area contributed by atoms with Gasteiger partial charge < -0.3 is 9.80 Å². The van der Waals surface area contributed by atoms with Crippen molar-refractivity contribution in [1.29, 1.82) is 0 Å². The number of sulfone groups is 1. The summed E-state index contributed by atoms with van der Waals surface area (Å²) < 4.78 is 62.2. The van der Waals surface area contributed by atoms with E-state index in [-0.39, 0.29) is 43.5 Å². The van der Waals surface area contributed by atoms with Crippen molar-refractivity contribution in [3.63, 3.8) is 0 Å². The predicted molar refractivity (Wildman–Crippen MR) is 103 cm³/mol. The Kier molecular flexibility index (Phi) is 6.13. The molecule has 0 saturated carbocycles. The molecule has 1 aromatic carbocycles. The van der Waals surface area contributed by atoms with Crippen LogP contribution in [0.4, 0.5) is 13.2 Å². The van der Waals surface area contributed by atoms with Crippen LogP contribution in [0.15, 0.2) is 24.3 Å². The maximum absolute atomic E-state index is 13.0. The molecule has 10 heteroatoms. The van der Waals surface area contributed by atoms with Gasteiger partial charge in [0.05, 0.1) is 29.5 Å². The van der Waals surface area contributed by atoms with Crippen LogP contribution in [0.2, 0.25) is 0 Å². The van der Waals surface area contributed by atoms with Crippen LogP contribution in [0.3, 0.4) is 0 Å². The molecule has 3 rings (SSSR count). The zero-order chi connectivity index (χ0) is 22.1. The van der Waals surface area contributed by atoms with Gasteiger partial charge in [-0.25, -0.2) is 8.42 Å². The highest BCUT2D eigenvalue weighted by Gasteiger charge is 2.41. The van der Waals surface area contributed by atoms with Crippen LogP contribution in [-0.4, -0.2) is 60.7 Å². The Morgan fingerprint density at radius 1 is 1.33 bits per heavy atom. The molecule has 2 unspecified atom stereocenters. The molecule has 0 aromatic heterocycles. The zero-order valence-corrected chi connectivity index (χ0v) is 16.9. The smallest absolute Gasteiger partial charge is 0.338 e. The van der Waals surface area contributed by atoms with Gasteiger partial charge in [-0.2, -0.15) is 13.2 Å². The second kappa shape index (κ2) is 8.30. The van der Waals surface area contributed by atoms with Crippen molar-refractivity contribution in [1.82, 2.24) is 9.80 Å². The number of rotatable bonds is 5. The van der Waals surface area contributed by atoms with E-state index in [9.17, 15) is 31.2 Å². The molecule has 2 heterocycles. The molecule has 2 atom stereocenters. The highest BCUT2D eigenvalue weighted by atomic mass is 32.2. The summed E-state index contributed by atoms with van der Waals surface area (Å²) in [5, 5.41) is 0. The van der Waals surface area contributed by atoms with Crippen molar-refractivity contribution < 1.29 is 31.2 Å². The lowest BCUT2D eigenvalue weighted by molar-refractivity contribution is -0.138. The summed E-state index contributed by atoms with van der Waals surface area (Å²) in [7, 11) is -3.23. The third kappa shape index (κ3) is 4.95. The van der Waals surface area contributed by atoms with Gasteiger partial charge in [0.1, 0.15) is 0 Å². The van der Waals surface area contributed by atoms with Crippen LogP contribution >= 0.6 is 0 Å². The Labute approximate surface area is 172 Å². The fourth-order valence-corrected chi connectivity index (χ4v) is 5.63. The minimum Gasteiger partial charge on any atom is -0.338 e. The molecule has 2 aliphatic heterocycles. The lowest BCUT2D eigenvalue weighted by Gasteiger charge is -2.28. The fraction of sp³-hybridized carbons (Fsp3) is 0.500. The van der Waals surface area contributed by atoms with Crippen molar-refractivity contribution in [2.45, 2.75) is 31.6 Å². The van der Waals surface area contributed by atoms with Crippen LogP contribution in [0.5, 0.6) is 0 Å². The second-order valence-electron chi connectivity index (χ2n) is 7.60. The van der Waals surface area contributed by atoms with Crippen LogP contribution < -0.4 is 0 Å². The Morgan fingerprint density at radius 3 is 2.67 bits per heavy atom. The van der Waals surface area contributed by atoms with Crippen molar-refractivity contribution in [2.75, 3.05) is 24.6 Å². The Bertz CT molecular complexity index is 985. The maximum Gasteiger partial charge on any atom is 0.416 e. The molecule has 0 radical (unpaired) electrons. The average Bonchev–Trinajstić information content (AvgIpc) is 3.21. The standard InChI is InChI=1S/C20H21F3N2O4S/c1-2-7-25(17-6-8-30(28,29)13-17)19(27)15-10-18(26)24(12-15)11-14-4-3-5-16(9-14)20(21,22)23/h1,3-5,9,15,17H,6-8,10-13H2. The Morgan fingerprint density at radius 2 is 2.07 bits per heavy atom. The fourth-order valence-electron chi connectivity index (χ4n) is 3.90. The number of alkyl halides is 3. The molecule has 6 nitrogen and oxygen atoms in total. The predicted octanol–water partition coefficient (Wildman–Crippen LogP) is 1.70. The third-order valence-corrected chi connectivity index (χ3v) is 7.14. The average molecular weight is 442 g/mol. The van der Waals surface area contributed by atoms with Crippen LogP contribution in [-0.2, 0) is 32.1 Å². The first-order chi connectivity index (χ1) is 14.0. The van der Waals surface area contributed by atoms with Gasteiger partial charge in [0.2, 0.25) is 11.8 Å². The molecule has 2 aliphatic rings. The van der Waals surface area contributed by atoms with E-state index in [2.05, 4.69) is 5.92 Å². The van der Waals surface area contributed by atoms with E-state index in [0.717, 1.165) is 12.1 Å². The molecule has 2 amide bonds. The summed E-state index contributed by atoms with van der Waals surface area (Å²) in [4.78, 5) is 28.0. The van der Waals surface area contributed by atoms with Gasteiger partial charge in [-0.05, 0) is 24.1 Å². The number of nitrogens with zero attached hydrogens (tertiary/aromatic N) is 2. The number of hydrogen-bond acceptors (Lipinski definition) is 4. The zero-order valence-electron chi connectivity index (χ0n) is 16.1. The molecule has 30 heavy (non-hydrogen) atoms. The summed E-state index contributed by atoms with van der Waals surface area (Å²) in [5.41, 5.74) is -0.490. The minimum atomic E-state index is -4.49. The van der Waals surface area contributed by atoms with Gasteiger partial charge in [0.15, 0.2) is 9.84 Å². The second-order valence-corrected chi connectivity index (χ2v) is 9.83. The van der Waals surface area contributed by atoms with Gasteiger partial charge in [0, 0.05) is 25.6 Å². The first-order valence-electron chi connectivity index (χ1n) is 9.38. The van der Waals surface area contributed by atoms with Gasteiger partial charge in [0.25, 0.3) is 0 Å². The number of amides is 2. The Hall–Kier alpha value is -2.54. The molecule has 0 N–H and O–H groups in total. The highest BCUT2D eigenvalue weighted by Crippen LogP contribution is 2.31. The number of hydrogen-bond donors (Lipinski definition) is 0. The molecule has 2 fully saturated rings. The minimum absolute atomic E-state index is 0.0166. The Balaban J connectivity index is 1.70. The molecule has 0 aliphatic carbocycles. The third-order valence-electron chi connectivity index (χ3n) is 5.39. The molecule has 1 aromatic rings. The van der Waals surface area contributed by atoms with Gasteiger partial charge >= 0.3 is 6.18 Å². The first kappa shape index (κ1) is 22.2. The summed E-state index contributed by atoms with van der Waals surface area (Å²) in [6.07, 6.45) is 1.07. The topological polar surface area (TPSA) is 74.8 Å². The number of terminal acetylenes is 1. The van der Waals surface area contributed by atoms with Crippen molar-refractivity contribution in [3.8, 4) is 12.3 Å². The van der Waals surface area contributed by atoms with Gasteiger partial charge in [-0.1, -0.05) is 18.1 Å². The molecule has 2 saturated heterocycles. The maximum atomic E-state index is 13.0. The number of halogens is 3. The van der Waals surface area contributed by atoms with E-state index in [1.54, 1.807) is 0 Å². The molecular weight excluding hydrogens is 421 g/mol. The molecular formula is C20H21F3N2O4S. The molecule has 0 spiro atoms. The van der Waals surface area contributed by atoms with E-state index in [0.29, 0.717) is 12.0 Å². The number of carbonyl (C=O) groups is 2. The number of likely N-dealkylation sites (tertiary alicyclic amines) is 1. The summed E-state index contributed by atoms with van der Waals surface area (Å²) in [6, 6.07) is 4.18. The first-order valence-corrected chi connectivity index (χ1v) is 11.2.